The molecule has 0 aliphatic rings. The fraction of sp³-hybridized carbons (Fsp3) is 0. The number of benzene rings is 1. The van der Waals surface area contributed by atoms with Crippen molar-refractivity contribution in [3.05, 3.63) is 72.9 Å². The van der Waals surface area contributed by atoms with Crippen molar-refractivity contribution in [2.45, 2.75) is 0 Å². The summed E-state index contributed by atoms with van der Waals surface area (Å²) in [7, 11) is 0. The smallest absolute Gasteiger partial charge is 0.256 e. The number of hydrogen-bond acceptors (Lipinski definition) is 4. The molecule has 0 aliphatic heterocycles. The molecule has 1 aromatic carbocycles. The van der Waals surface area contributed by atoms with Crippen LogP contribution in [0.2, 0.25) is 0 Å². The standard InChI is InChI=1S/C17H12N4O2/c22-17(12-5-2-1-3-6-12)20-15-16-19-13(14-7-4-10-23-14)11-21(16)9-8-18-15/h1-11H,(H,18,20,22). The Kier molecular flexibility index (Phi) is 3.12. The number of aromatic nitrogens is 3. The second-order valence-electron chi connectivity index (χ2n) is 4.93. The van der Waals surface area contributed by atoms with Gasteiger partial charge in [-0.05, 0) is 24.3 Å². The topological polar surface area (TPSA) is 72.4 Å². The molecule has 0 spiro atoms. The molecule has 0 saturated carbocycles. The summed E-state index contributed by atoms with van der Waals surface area (Å²) >= 11 is 0. The number of nitrogens with one attached hydrogen (secondary N) is 1. The molecular formula is C17H12N4O2. The van der Waals surface area contributed by atoms with Gasteiger partial charge in [0.15, 0.2) is 17.2 Å². The van der Waals surface area contributed by atoms with E-state index in [2.05, 4.69) is 15.3 Å². The van der Waals surface area contributed by atoms with Gasteiger partial charge in [0.1, 0.15) is 5.69 Å². The molecule has 3 aromatic heterocycles. The zero-order valence-corrected chi connectivity index (χ0v) is 12.0. The van der Waals surface area contributed by atoms with E-state index in [0.29, 0.717) is 28.5 Å². The summed E-state index contributed by atoms with van der Waals surface area (Å²) in [5, 5.41) is 2.80. The van der Waals surface area contributed by atoms with Gasteiger partial charge in [-0.25, -0.2) is 9.97 Å². The first-order valence-corrected chi connectivity index (χ1v) is 7.05. The second-order valence-corrected chi connectivity index (χ2v) is 4.93. The van der Waals surface area contributed by atoms with E-state index in [0.717, 1.165) is 0 Å². The summed E-state index contributed by atoms with van der Waals surface area (Å²) in [6.07, 6.45) is 6.80. The number of hydrogen-bond donors (Lipinski definition) is 1. The first kappa shape index (κ1) is 13.3. The van der Waals surface area contributed by atoms with Gasteiger partial charge in [-0.1, -0.05) is 18.2 Å². The Morgan fingerprint density at radius 3 is 2.78 bits per heavy atom. The first-order chi connectivity index (χ1) is 11.3. The van der Waals surface area contributed by atoms with E-state index >= 15 is 0 Å². The highest BCUT2D eigenvalue weighted by atomic mass is 16.3. The van der Waals surface area contributed by atoms with Gasteiger partial charge in [-0.3, -0.25) is 4.79 Å². The predicted octanol–water partition coefficient (Wildman–Crippen LogP) is 3.24. The molecule has 1 N–H and O–H groups in total. The molecule has 3 heterocycles. The van der Waals surface area contributed by atoms with Crippen molar-refractivity contribution in [1.29, 1.82) is 0 Å². The van der Waals surface area contributed by atoms with Crippen molar-refractivity contribution in [1.82, 2.24) is 14.4 Å². The van der Waals surface area contributed by atoms with Crippen molar-refractivity contribution in [2.24, 2.45) is 0 Å². The molecule has 6 nitrogen and oxygen atoms in total. The van der Waals surface area contributed by atoms with Gasteiger partial charge >= 0.3 is 0 Å². The highest BCUT2D eigenvalue weighted by molar-refractivity contribution is 6.05. The van der Waals surface area contributed by atoms with Gasteiger partial charge in [-0.2, -0.15) is 0 Å². The van der Waals surface area contributed by atoms with Crippen LogP contribution in [0, 0.1) is 0 Å². The minimum atomic E-state index is -0.228. The number of amides is 1. The van der Waals surface area contributed by atoms with E-state index < -0.39 is 0 Å². The van der Waals surface area contributed by atoms with Crippen molar-refractivity contribution < 1.29 is 9.21 Å². The molecule has 112 valence electrons. The fourth-order valence-electron chi connectivity index (χ4n) is 2.32. The van der Waals surface area contributed by atoms with Crippen molar-refractivity contribution in [3.63, 3.8) is 0 Å². The molecule has 1 amide bonds. The van der Waals surface area contributed by atoms with Gasteiger partial charge in [0, 0.05) is 24.2 Å². The molecule has 0 unspecified atom stereocenters. The van der Waals surface area contributed by atoms with E-state index in [9.17, 15) is 4.79 Å². The minimum absolute atomic E-state index is 0.228. The maximum Gasteiger partial charge on any atom is 0.256 e. The number of fused-ring (bicyclic) bond motifs is 1. The monoisotopic (exact) mass is 304 g/mol. The maximum atomic E-state index is 12.3. The molecule has 0 fully saturated rings. The van der Waals surface area contributed by atoms with Gasteiger partial charge in [0.05, 0.1) is 6.26 Å². The van der Waals surface area contributed by atoms with Crippen molar-refractivity contribution in [2.75, 3.05) is 5.32 Å². The molecule has 23 heavy (non-hydrogen) atoms. The molecule has 0 atom stereocenters. The van der Waals surface area contributed by atoms with E-state index in [1.807, 2.05) is 30.5 Å². The molecule has 0 bridgehead atoms. The lowest BCUT2D eigenvalue weighted by Gasteiger charge is -2.05. The van der Waals surface area contributed by atoms with Crippen molar-refractivity contribution in [3.8, 4) is 11.5 Å². The van der Waals surface area contributed by atoms with Crippen LogP contribution in [0.5, 0.6) is 0 Å². The SMILES string of the molecule is O=C(Nc1nccn2cc(-c3ccco3)nc12)c1ccccc1. The highest BCUT2D eigenvalue weighted by Gasteiger charge is 2.13. The molecule has 0 radical (unpaired) electrons. The second kappa shape index (κ2) is 5.42. The molecule has 0 saturated heterocycles. The van der Waals surface area contributed by atoms with Gasteiger partial charge < -0.3 is 14.1 Å². The Morgan fingerprint density at radius 1 is 1.13 bits per heavy atom. The van der Waals surface area contributed by atoms with Crippen LogP contribution in [0.3, 0.4) is 0 Å². The molecule has 0 aliphatic carbocycles. The summed E-state index contributed by atoms with van der Waals surface area (Å²) < 4.78 is 7.15. The van der Waals surface area contributed by atoms with Crippen LogP contribution in [-0.2, 0) is 0 Å². The first-order valence-electron chi connectivity index (χ1n) is 7.05. The fourth-order valence-corrected chi connectivity index (χ4v) is 2.32. The van der Waals surface area contributed by atoms with Crippen LogP contribution in [0.4, 0.5) is 5.82 Å². The zero-order chi connectivity index (χ0) is 15.6. The van der Waals surface area contributed by atoms with Crippen LogP contribution >= 0.6 is 0 Å². The third-order valence-electron chi connectivity index (χ3n) is 3.42. The Balaban J connectivity index is 1.71. The Morgan fingerprint density at radius 2 is 2.00 bits per heavy atom. The van der Waals surface area contributed by atoms with Crippen molar-refractivity contribution >= 4 is 17.4 Å². The van der Waals surface area contributed by atoms with Gasteiger partial charge in [0.2, 0.25) is 0 Å². The highest BCUT2D eigenvalue weighted by Crippen LogP contribution is 2.22. The third-order valence-corrected chi connectivity index (χ3v) is 3.42. The molecule has 4 rings (SSSR count). The van der Waals surface area contributed by atoms with E-state index in [1.54, 1.807) is 41.3 Å². The lowest BCUT2D eigenvalue weighted by atomic mass is 10.2. The lowest BCUT2D eigenvalue weighted by Crippen LogP contribution is -2.13. The summed E-state index contributed by atoms with van der Waals surface area (Å²) in [4.78, 5) is 21.0. The summed E-state index contributed by atoms with van der Waals surface area (Å²) in [5.41, 5.74) is 1.80. The normalized spacial score (nSPS) is 10.8. The number of rotatable bonds is 3. The van der Waals surface area contributed by atoms with Crippen LogP contribution < -0.4 is 5.32 Å². The predicted molar refractivity (Wildman–Crippen MR) is 85.1 cm³/mol. The number of furan rings is 1. The van der Waals surface area contributed by atoms with E-state index in [1.165, 1.54) is 0 Å². The number of anilines is 1. The Labute approximate surface area is 131 Å². The summed E-state index contributed by atoms with van der Waals surface area (Å²) in [5.74, 6) is 0.835. The number of carbonyl (C=O) groups is 1. The van der Waals surface area contributed by atoms with Crippen LogP contribution in [-0.4, -0.2) is 20.3 Å². The molecule has 6 heteroatoms. The van der Waals surface area contributed by atoms with Crippen LogP contribution in [0.1, 0.15) is 10.4 Å². The van der Waals surface area contributed by atoms with E-state index in [4.69, 9.17) is 4.42 Å². The van der Waals surface area contributed by atoms with E-state index in [-0.39, 0.29) is 5.91 Å². The van der Waals surface area contributed by atoms with Crippen LogP contribution in [0.25, 0.3) is 17.1 Å². The van der Waals surface area contributed by atoms with Gasteiger partial charge in [0.25, 0.3) is 5.91 Å². The van der Waals surface area contributed by atoms with Gasteiger partial charge in [-0.15, -0.1) is 0 Å². The Bertz CT molecular complexity index is 959. The molecular weight excluding hydrogens is 292 g/mol. The number of carbonyl (C=O) groups excluding carboxylic acids is 1. The lowest BCUT2D eigenvalue weighted by molar-refractivity contribution is 0.102. The largest absolute Gasteiger partial charge is 0.463 e. The quantitative estimate of drug-likeness (QED) is 0.630. The maximum absolute atomic E-state index is 12.3. The minimum Gasteiger partial charge on any atom is -0.463 e. The average molecular weight is 304 g/mol. The van der Waals surface area contributed by atoms with Crippen LogP contribution in [0.15, 0.2) is 71.7 Å². The Hall–Kier alpha value is -3.41. The zero-order valence-electron chi connectivity index (χ0n) is 12.0. The number of nitrogens with zero attached hydrogens (tertiary/aromatic N) is 3. The average Bonchev–Trinajstić information content (AvgIpc) is 3.25. The summed E-state index contributed by atoms with van der Waals surface area (Å²) in [6, 6.07) is 12.6. The third kappa shape index (κ3) is 2.46. The summed E-state index contributed by atoms with van der Waals surface area (Å²) in [6.45, 7) is 0. The number of imidazole rings is 1. The molecule has 4 aromatic rings.